The van der Waals surface area contributed by atoms with Crippen molar-refractivity contribution in [2.45, 2.75) is 32.4 Å². The number of nitrogens with one attached hydrogen (secondary N) is 1. The summed E-state index contributed by atoms with van der Waals surface area (Å²) in [5.74, 6) is 0.834. The van der Waals surface area contributed by atoms with E-state index in [1.807, 2.05) is 61.5 Å². The van der Waals surface area contributed by atoms with E-state index in [0.29, 0.717) is 30.1 Å². The molecule has 0 bridgehead atoms. The Morgan fingerprint density at radius 2 is 1.72 bits per heavy atom. The highest BCUT2D eigenvalue weighted by Crippen LogP contribution is 2.25. The third-order valence-corrected chi connectivity index (χ3v) is 5.06. The maximum absolute atomic E-state index is 12.3. The number of aryl methyl sites for hydroxylation is 1. The van der Waals surface area contributed by atoms with Crippen LogP contribution in [-0.4, -0.2) is 24.8 Å². The van der Waals surface area contributed by atoms with Gasteiger partial charge in [0.1, 0.15) is 11.5 Å². The molecule has 0 heterocycles. The molecule has 0 aliphatic carbocycles. The van der Waals surface area contributed by atoms with Crippen LogP contribution >= 0.6 is 0 Å². The number of benzene rings is 3. The molecule has 6 heteroatoms. The number of carbonyl (C=O) groups excluding carboxylic acids is 1. The molecule has 0 aromatic heterocycles. The highest BCUT2D eigenvalue weighted by atomic mass is 16.7. The highest BCUT2D eigenvalue weighted by molar-refractivity contribution is 5.69. The van der Waals surface area contributed by atoms with Gasteiger partial charge in [0.2, 0.25) is 0 Å². The summed E-state index contributed by atoms with van der Waals surface area (Å²) in [7, 11) is 1.54. The number of rotatable bonds is 11. The van der Waals surface area contributed by atoms with Crippen LogP contribution in [0.5, 0.6) is 11.5 Å². The van der Waals surface area contributed by atoms with E-state index in [9.17, 15) is 9.90 Å². The normalized spacial score (nSPS) is 11.6. The van der Waals surface area contributed by atoms with Crippen LogP contribution in [-0.2, 0) is 16.2 Å². The number of carbonyl (C=O) groups is 1. The molecule has 168 valence electrons. The molecule has 0 radical (unpaired) electrons. The van der Waals surface area contributed by atoms with E-state index in [1.165, 1.54) is 5.56 Å². The smallest absolute Gasteiger partial charge is 0.324 e. The van der Waals surface area contributed by atoms with Crippen molar-refractivity contribution < 1.29 is 24.2 Å². The van der Waals surface area contributed by atoms with Gasteiger partial charge in [0.15, 0.2) is 0 Å². The summed E-state index contributed by atoms with van der Waals surface area (Å²) in [5.41, 5.74) is 6.81. The lowest BCUT2D eigenvalue weighted by Crippen LogP contribution is -2.26. The Morgan fingerprint density at radius 3 is 2.41 bits per heavy atom. The highest BCUT2D eigenvalue weighted by Gasteiger charge is 2.16. The van der Waals surface area contributed by atoms with Gasteiger partial charge in [-0.3, -0.25) is 4.79 Å². The molecule has 3 rings (SSSR count). The van der Waals surface area contributed by atoms with E-state index in [-0.39, 0.29) is 25.0 Å². The van der Waals surface area contributed by atoms with Crippen molar-refractivity contribution in [2.24, 2.45) is 0 Å². The Morgan fingerprint density at radius 1 is 1.00 bits per heavy atom. The molecule has 1 unspecified atom stereocenters. The average Bonchev–Trinajstić information content (AvgIpc) is 2.83. The molecule has 6 nitrogen and oxygen atoms in total. The summed E-state index contributed by atoms with van der Waals surface area (Å²) < 4.78 is 10.9. The van der Waals surface area contributed by atoms with Crippen LogP contribution in [0.4, 0.5) is 0 Å². The molecule has 0 amide bonds. The van der Waals surface area contributed by atoms with E-state index in [2.05, 4.69) is 5.48 Å². The molecule has 3 aromatic carbocycles. The SMILES string of the molecule is COc1cc(OCCCC(=O)ONC(c2ccccc2)c2ccc(C)cc2)ccc1CO. The second kappa shape index (κ2) is 11.9. The van der Waals surface area contributed by atoms with Gasteiger partial charge in [-0.1, -0.05) is 60.2 Å². The van der Waals surface area contributed by atoms with Gasteiger partial charge < -0.3 is 19.4 Å². The van der Waals surface area contributed by atoms with Crippen molar-refractivity contribution >= 4 is 5.97 Å². The molecule has 0 saturated heterocycles. The fourth-order valence-corrected chi connectivity index (χ4v) is 3.26. The number of hydrogen-bond acceptors (Lipinski definition) is 6. The lowest BCUT2D eigenvalue weighted by molar-refractivity contribution is -0.152. The number of hydroxylamine groups is 1. The minimum Gasteiger partial charge on any atom is -0.496 e. The van der Waals surface area contributed by atoms with E-state index in [1.54, 1.807) is 25.3 Å². The fourth-order valence-electron chi connectivity index (χ4n) is 3.26. The first kappa shape index (κ1) is 23.3. The number of methoxy groups -OCH3 is 1. The number of hydrogen-bond donors (Lipinski definition) is 2. The van der Waals surface area contributed by atoms with Crippen LogP contribution in [0, 0.1) is 6.92 Å². The predicted molar refractivity (Wildman–Crippen MR) is 122 cm³/mol. The summed E-state index contributed by atoms with van der Waals surface area (Å²) in [6.45, 7) is 2.29. The maximum Gasteiger partial charge on any atom is 0.324 e. The zero-order chi connectivity index (χ0) is 22.8. The van der Waals surface area contributed by atoms with Gasteiger partial charge in [-0.15, -0.1) is 5.48 Å². The van der Waals surface area contributed by atoms with Crippen LogP contribution < -0.4 is 15.0 Å². The lowest BCUT2D eigenvalue weighted by atomic mass is 9.99. The van der Waals surface area contributed by atoms with Crippen LogP contribution in [0.25, 0.3) is 0 Å². The monoisotopic (exact) mass is 435 g/mol. The van der Waals surface area contributed by atoms with Crippen molar-refractivity contribution in [1.29, 1.82) is 0 Å². The molecule has 0 spiro atoms. The second-order valence-electron chi connectivity index (χ2n) is 7.43. The van der Waals surface area contributed by atoms with Gasteiger partial charge >= 0.3 is 5.97 Å². The number of aliphatic hydroxyl groups is 1. The first-order chi connectivity index (χ1) is 15.6. The fraction of sp³-hybridized carbons (Fsp3) is 0.269. The van der Waals surface area contributed by atoms with Crippen molar-refractivity contribution in [2.75, 3.05) is 13.7 Å². The van der Waals surface area contributed by atoms with E-state index in [4.69, 9.17) is 14.3 Å². The van der Waals surface area contributed by atoms with Crippen LogP contribution in [0.2, 0.25) is 0 Å². The summed E-state index contributed by atoms with van der Waals surface area (Å²) in [6.07, 6.45) is 0.722. The summed E-state index contributed by atoms with van der Waals surface area (Å²) in [4.78, 5) is 17.6. The van der Waals surface area contributed by atoms with Crippen molar-refractivity contribution in [1.82, 2.24) is 5.48 Å². The van der Waals surface area contributed by atoms with Crippen LogP contribution in [0.3, 0.4) is 0 Å². The Kier molecular flexibility index (Phi) is 8.66. The van der Waals surface area contributed by atoms with Crippen molar-refractivity contribution in [3.63, 3.8) is 0 Å². The topological polar surface area (TPSA) is 77.0 Å². The third-order valence-electron chi connectivity index (χ3n) is 5.06. The molecule has 3 aromatic rings. The quantitative estimate of drug-likeness (QED) is 0.341. The van der Waals surface area contributed by atoms with Gasteiger partial charge in [-0.25, -0.2) is 0 Å². The minimum absolute atomic E-state index is 0.102. The zero-order valence-electron chi connectivity index (χ0n) is 18.4. The summed E-state index contributed by atoms with van der Waals surface area (Å²) in [6, 6.07) is 23.0. The second-order valence-corrected chi connectivity index (χ2v) is 7.43. The minimum atomic E-state index is -0.352. The maximum atomic E-state index is 12.3. The molecular formula is C26H29NO5. The molecule has 2 N–H and O–H groups in total. The summed E-state index contributed by atoms with van der Waals surface area (Å²) in [5, 5.41) is 9.28. The Labute approximate surface area is 188 Å². The largest absolute Gasteiger partial charge is 0.496 e. The first-order valence-corrected chi connectivity index (χ1v) is 10.6. The molecule has 1 atom stereocenters. The van der Waals surface area contributed by atoms with Gasteiger partial charge in [0.25, 0.3) is 0 Å². The lowest BCUT2D eigenvalue weighted by Gasteiger charge is -2.19. The number of aliphatic hydroxyl groups excluding tert-OH is 1. The Hall–Kier alpha value is -3.35. The van der Waals surface area contributed by atoms with Gasteiger partial charge in [-0.05, 0) is 36.6 Å². The molecule has 32 heavy (non-hydrogen) atoms. The first-order valence-electron chi connectivity index (χ1n) is 10.6. The zero-order valence-corrected chi connectivity index (χ0v) is 18.4. The Balaban J connectivity index is 1.50. The molecule has 0 aliphatic heterocycles. The molecule has 0 fully saturated rings. The molecule has 0 aliphatic rings. The van der Waals surface area contributed by atoms with E-state index in [0.717, 1.165) is 11.1 Å². The molecular weight excluding hydrogens is 406 g/mol. The predicted octanol–water partition coefficient (Wildman–Crippen LogP) is 4.49. The standard InChI is InChI=1S/C26H29NO5/c1-19-10-12-21(13-11-19)26(20-7-4-3-5-8-20)27-32-25(29)9-6-16-31-23-15-14-22(18-28)24(17-23)30-2/h3-5,7-8,10-15,17,26-28H,6,9,16,18H2,1-2H3. The van der Waals surface area contributed by atoms with Crippen molar-refractivity contribution in [3.05, 3.63) is 95.1 Å². The number of ether oxygens (including phenoxy) is 2. The van der Waals surface area contributed by atoms with Gasteiger partial charge in [0, 0.05) is 11.6 Å². The summed E-state index contributed by atoms with van der Waals surface area (Å²) >= 11 is 0. The van der Waals surface area contributed by atoms with Crippen LogP contribution in [0.1, 0.15) is 41.1 Å². The van der Waals surface area contributed by atoms with Crippen LogP contribution in [0.15, 0.2) is 72.8 Å². The third kappa shape index (κ3) is 6.57. The van der Waals surface area contributed by atoms with E-state index >= 15 is 0 Å². The average molecular weight is 436 g/mol. The molecule has 0 saturated carbocycles. The Bertz CT molecular complexity index is 989. The van der Waals surface area contributed by atoms with Gasteiger partial charge in [-0.2, -0.15) is 0 Å². The van der Waals surface area contributed by atoms with Crippen molar-refractivity contribution in [3.8, 4) is 11.5 Å². The van der Waals surface area contributed by atoms with Gasteiger partial charge in [0.05, 0.1) is 32.8 Å². The van der Waals surface area contributed by atoms with E-state index < -0.39 is 0 Å².